The van der Waals surface area contributed by atoms with Gasteiger partial charge in [-0.15, -0.1) is 0 Å². The molecule has 26 heavy (non-hydrogen) atoms. The highest BCUT2D eigenvalue weighted by atomic mass is 16.5. The molecule has 0 unspecified atom stereocenters. The van der Waals surface area contributed by atoms with Gasteiger partial charge < -0.3 is 19.6 Å². The van der Waals surface area contributed by atoms with Gasteiger partial charge in [0.2, 0.25) is 5.43 Å². The van der Waals surface area contributed by atoms with Crippen LogP contribution in [0.2, 0.25) is 0 Å². The third-order valence-corrected chi connectivity index (χ3v) is 4.31. The number of phenols is 1. The number of methoxy groups -OCH3 is 1. The summed E-state index contributed by atoms with van der Waals surface area (Å²) in [6.45, 7) is 0.376. The topological polar surface area (TPSA) is 71.6 Å². The Morgan fingerprint density at radius 2 is 1.77 bits per heavy atom. The maximum atomic E-state index is 12.8. The molecule has 1 heterocycles. The maximum Gasteiger partial charge on any atom is 0.201 e. The second-order valence-electron chi connectivity index (χ2n) is 6.00. The predicted octanol–water partition coefficient (Wildman–Crippen LogP) is 3.97. The van der Waals surface area contributed by atoms with Crippen molar-refractivity contribution in [3.8, 4) is 17.2 Å². The van der Waals surface area contributed by atoms with Crippen molar-refractivity contribution in [1.82, 2.24) is 4.98 Å². The first-order valence-corrected chi connectivity index (χ1v) is 8.19. The van der Waals surface area contributed by atoms with E-state index in [0.29, 0.717) is 34.5 Å². The van der Waals surface area contributed by atoms with Crippen LogP contribution in [0.1, 0.15) is 5.56 Å². The van der Waals surface area contributed by atoms with Gasteiger partial charge in [0.1, 0.15) is 23.9 Å². The zero-order valence-electron chi connectivity index (χ0n) is 14.2. The van der Waals surface area contributed by atoms with Crippen molar-refractivity contribution in [1.29, 1.82) is 0 Å². The minimum Gasteiger partial charge on any atom is -0.507 e. The van der Waals surface area contributed by atoms with Gasteiger partial charge in [-0.1, -0.05) is 30.3 Å². The molecule has 0 radical (unpaired) electrons. The number of pyridine rings is 1. The quantitative estimate of drug-likeness (QED) is 0.548. The van der Waals surface area contributed by atoms with Crippen LogP contribution in [0.4, 0.5) is 0 Å². The summed E-state index contributed by atoms with van der Waals surface area (Å²) in [7, 11) is 1.55. The van der Waals surface area contributed by atoms with E-state index < -0.39 is 0 Å². The van der Waals surface area contributed by atoms with Crippen molar-refractivity contribution >= 4 is 21.8 Å². The molecule has 0 aliphatic heterocycles. The molecule has 130 valence electrons. The fourth-order valence-electron chi connectivity index (χ4n) is 2.99. The number of fused-ring (bicyclic) bond motifs is 2. The van der Waals surface area contributed by atoms with Crippen LogP contribution in [-0.2, 0) is 6.61 Å². The molecular formula is C21H17NO4. The maximum absolute atomic E-state index is 12.8. The Morgan fingerprint density at radius 3 is 2.54 bits per heavy atom. The predicted molar refractivity (Wildman–Crippen MR) is 101 cm³/mol. The molecule has 4 rings (SSSR count). The number of phenolic OH excluding ortho intramolecular Hbond substituents is 1. The molecule has 0 amide bonds. The Balaban J connectivity index is 1.79. The fourth-order valence-corrected chi connectivity index (χ4v) is 2.99. The van der Waals surface area contributed by atoms with E-state index in [2.05, 4.69) is 4.98 Å². The average molecular weight is 347 g/mol. The third-order valence-electron chi connectivity index (χ3n) is 4.31. The van der Waals surface area contributed by atoms with Crippen molar-refractivity contribution in [2.45, 2.75) is 6.61 Å². The van der Waals surface area contributed by atoms with Gasteiger partial charge in [0, 0.05) is 17.5 Å². The van der Waals surface area contributed by atoms with E-state index in [1.54, 1.807) is 31.4 Å². The Kier molecular flexibility index (Phi) is 3.97. The smallest absolute Gasteiger partial charge is 0.201 e. The number of hydrogen-bond acceptors (Lipinski definition) is 4. The number of rotatable bonds is 4. The number of aromatic hydroxyl groups is 1. The molecule has 0 atom stereocenters. The van der Waals surface area contributed by atoms with Gasteiger partial charge in [0.25, 0.3) is 0 Å². The molecule has 0 fully saturated rings. The molecule has 0 saturated heterocycles. The molecule has 4 aromatic rings. The Labute approximate surface area is 149 Å². The number of aromatic amines is 1. The summed E-state index contributed by atoms with van der Waals surface area (Å²) in [5.74, 6) is 0.962. The summed E-state index contributed by atoms with van der Waals surface area (Å²) in [5.41, 5.74) is 1.96. The molecular weight excluding hydrogens is 330 g/mol. The molecule has 0 bridgehead atoms. The van der Waals surface area contributed by atoms with Gasteiger partial charge >= 0.3 is 0 Å². The summed E-state index contributed by atoms with van der Waals surface area (Å²) in [6, 6.07) is 18.2. The van der Waals surface area contributed by atoms with Gasteiger partial charge in [-0.05, 0) is 23.8 Å². The lowest BCUT2D eigenvalue weighted by molar-refractivity contribution is 0.305. The summed E-state index contributed by atoms with van der Waals surface area (Å²) in [5, 5.41) is 11.1. The Bertz CT molecular complexity index is 1150. The highest BCUT2D eigenvalue weighted by Crippen LogP contribution is 2.30. The zero-order valence-corrected chi connectivity index (χ0v) is 14.2. The SMILES string of the molecule is COc1ccc2[nH]c3cc(OCc4ccccc4)cc(O)c3c(=O)c2c1. The molecule has 0 aliphatic rings. The van der Waals surface area contributed by atoms with Crippen LogP contribution in [-0.4, -0.2) is 17.2 Å². The summed E-state index contributed by atoms with van der Waals surface area (Å²) in [6.07, 6.45) is 0. The minimum absolute atomic E-state index is 0.114. The third kappa shape index (κ3) is 2.84. The van der Waals surface area contributed by atoms with Crippen LogP contribution < -0.4 is 14.9 Å². The van der Waals surface area contributed by atoms with Crippen LogP contribution >= 0.6 is 0 Å². The van der Waals surface area contributed by atoms with Crippen LogP contribution in [0.3, 0.4) is 0 Å². The average Bonchev–Trinajstić information content (AvgIpc) is 2.67. The molecule has 1 aromatic heterocycles. The zero-order chi connectivity index (χ0) is 18.1. The van der Waals surface area contributed by atoms with Crippen LogP contribution in [0, 0.1) is 0 Å². The standard InChI is InChI=1S/C21H17NO4/c1-25-14-7-8-17-16(9-14)21(24)20-18(22-17)10-15(11-19(20)23)26-12-13-5-3-2-4-6-13/h2-11,23H,12H2,1H3,(H,22,24). The van der Waals surface area contributed by atoms with E-state index in [1.165, 1.54) is 6.07 Å². The van der Waals surface area contributed by atoms with Crippen molar-refractivity contribution in [3.05, 3.63) is 76.5 Å². The number of aromatic nitrogens is 1. The second-order valence-corrected chi connectivity index (χ2v) is 6.00. The molecule has 0 saturated carbocycles. The van der Waals surface area contributed by atoms with Crippen molar-refractivity contribution in [2.24, 2.45) is 0 Å². The van der Waals surface area contributed by atoms with E-state index in [-0.39, 0.29) is 16.6 Å². The lowest BCUT2D eigenvalue weighted by atomic mass is 10.1. The summed E-state index contributed by atoms with van der Waals surface area (Å²) in [4.78, 5) is 16.0. The fraction of sp³-hybridized carbons (Fsp3) is 0.0952. The first-order valence-electron chi connectivity index (χ1n) is 8.19. The van der Waals surface area contributed by atoms with Crippen molar-refractivity contribution in [2.75, 3.05) is 7.11 Å². The van der Waals surface area contributed by atoms with Crippen LogP contribution in [0.5, 0.6) is 17.2 Å². The first-order chi connectivity index (χ1) is 12.7. The van der Waals surface area contributed by atoms with Crippen LogP contribution in [0.25, 0.3) is 21.8 Å². The van der Waals surface area contributed by atoms with Crippen molar-refractivity contribution < 1.29 is 14.6 Å². The van der Waals surface area contributed by atoms with Gasteiger partial charge in [-0.25, -0.2) is 0 Å². The van der Waals surface area contributed by atoms with E-state index in [9.17, 15) is 9.90 Å². The molecule has 5 heteroatoms. The summed E-state index contributed by atoms with van der Waals surface area (Å²) < 4.78 is 10.9. The normalized spacial score (nSPS) is 11.0. The molecule has 3 aromatic carbocycles. The van der Waals surface area contributed by atoms with Gasteiger partial charge in [-0.2, -0.15) is 0 Å². The van der Waals surface area contributed by atoms with E-state index in [0.717, 1.165) is 5.56 Å². The highest BCUT2D eigenvalue weighted by Gasteiger charge is 2.12. The van der Waals surface area contributed by atoms with Crippen LogP contribution in [0.15, 0.2) is 65.5 Å². The van der Waals surface area contributed by atoms with E-state index in [1.807, 2.05) is 30.3 Å². The van der Waals surface area contributed by atoms with Gasteiger partial charge in [0.15, 0.2) is 0 Å². The molecule has 0 spiro atoms. The van der Waals surface area contributed by atoms with Crippen molar-refractivity contribution in [3.63, 3.8) is 0 Å². The van der Waals surface area contributed by atoms with E-state index >= 15 is 0 Å². The lowest BCUT2D eigenvalue weighted by Crippen LogP contribution is -2.05. The highest BCUT2D eigenvalue weighted by molar-refractivity contribution is 5.96. The molecule has 0 aliphatic carbocycles. The second kappa shape index (κ2) is 6.44. The summed E-state index contributed by atoms with van der Waals surface area (Å²) >= 11 is 0. The minimum atomic E-state index is -0.250. The molecule has 5 nitrogen and oxygen atoms in total. The lowest BCUT2D eigenvalue weighted by Gasteiger charge is -2.10. The number of hydrogen-bond donors (Lipinski definition) is 2. The van der Waals surface area contributed by atoms with Gasteiger partial charge in [-0.3, -0.25) is 4.79 Å². The largest absolute Gasteiger partial charge is 0.507 e. The number of benzene rings is 3. The number of ether oxygens (including phenoxy) is 2. The Hall–Kier alpha value is -3.47. The Morgan fingerprint density at radius 1 is 0.962 bits per heavy atom. The first kappa shape index (κ1) is 16.0. The van der Waals surface area contributed by atoms with Gasteiger partial charge in [0.05, 0.1) is 23.5 Å². The number of nitrogens with one attached hydrogen (secondary N) is 1. The number of H-pyrrole nitrogens is 1. The monoisotopic (exact) mass is 347 g/mol. The van der Waals surface area contributed by atoms with E-state index in [4.69, 9.17) is 9.47 Å². The molecule has 2 N–H and O–H groups in total.